The minimum absolute atomic E-state index is 0.263. The lowest BCUT2D eigenvalue weighted by Gasteiger charge is -2.11. The molecule has 0 amide bonds. The van der Waals surface area contributed by atoms with Crippen LogP contribution in [0.15, 0.2) is 24.4 Å². The van der Waals surface area contributed by atoms with Crippen molar-refractivity contribution >= 4 is 11.6 Å². The maximum absolute atomic E-state index is 11.3. The van der Waals surface area contributed by atoms with E-state index in [2.05, 4.69) is 15.0 Å². The van der Waals surface area contributed by atoms with Crippen molar-refractivity contribution in [3.05, 3.63) is 35.8 Å². The van der Waals surface area contributed by atoms with Crippen molar-refractivity contribution in [2.75, 3.05) is 7.11 Å². The van der Waals surface area contributed by atoms with E-state index >= 15 is 0 Å². The van der Waals surface area contributed by atoms with Crippen LogP contribution in [0.3, 0.4) is 0 Å². The van der Waals surface area contributed by atoms with Crippen molar-refractivity contribution in [1.29, 1.82) is 0 Å². The van der Waals surface area contributed by atoms with Gasteiger partial charge in [-0.25, -0.2) is 4.98 Å². The lowest BCUT2D eigenvalue weighted by Crippen LogP contribution is -2.34. The maximum atomic E-state index is 11.3. The number of methoxy groups -OCH3 is 1. The average molecular weight is 247 g/mol. The van der Waals surface area contributed by atoms with Crippen molar-refractivity contribution in [2.24, 2.45) is 0 Å². The normalized spacial score (nSPS) is 12.6. The molecule has 0 spiro atoms. The van der Waals surface area contributed by atoms with Gasteiger partial charge in [0.05, 0.1) is 18.5 Å². The van der Waals surface area contributed by atoms with Crippen LogP contribution in [0.25, 0.3) is 5.65 Å². The zero-order valence-electron chi connectivity index (χ0n) is 10.8. The molecule has 2 aromatic rings. The van der Waals surface area contributed by atoms with Gasteiger partial charge in [-0.1, -0.05) is 6.07 Å². The fourth-order valence-corrected chi connectivity index (χ4v) is 1.89. The molecule has 0 aliphatic carbocycles. The molecule has 0 bridgehead atoms. The molecular formula is C13H17N3O2. The summed E-state index contributed by atoms with van der Waals surface area (Å²) in [4.78, 5) is 15.8. The molecule has 2 aromatic heterocycles. The Labute approximate surface area is 106 Å². The van der Waals surface area contributed by atoms with Crippen LogP contribution in [0.2, 0.25) is 0 Å². The summed E-state index contributed by atoms with van der Waals surface area (Å²) in [7, 11) is 1.39. The van der Waals surface area contributed by atoms with Crippen LogP contribution in [-0.4, -0.2) is 28.5 Å². The molecule has 5 heteroatoms. The summed E-state index contributed by atoms with van der Waals surface area (Å²) in [6.07, 6.45) is 1.97. The van der Waals surface area contributed by atoms with E-state index in [9.17, 15) is 4.79 Å². The first-order valence-corrected chi connectivity index (χ1v) is 5.87. The van der Waals surface area contributed by atoms with Crippen LogP contribution in [0.4, 0.5) is 0 Å². The average Bonchev–Trinajstić information content (AvgIpc) is 2.70. The van der Waals surface area contributed by atoms with Crippen molar-refractivity contribution in [3.8, 4) is 0 Å². The number of nitrogens with zero attached hydrogens (tertiary/aromatic N) is 2. The second-order valence-electron chi connectivity index (χ2n) is 4.20. The van der Waals surface area contributed by atoms with E-state index in [0.717, 1.165) is 17.0 Å². The quantitative estimate of drug-likeness (QED) is 0.827. The Hall–Kier alpha value is -1.88. The molecule has 1 unspecified atom stereocenters. The SMILES string of the molecule is COC(=O)C(C)NCc1c(C)nc2ccccn12. The van der Waals surface area contributed by atoms with Gasteiger partial charge in [0.2, 0.25) is 0 Å². The molecule has 18 heavy (non-hydrogen) atoms. The van der Waals surface area contributed by atoms with Gasteiger partial charge in [0.1, 0.15) is 11.7 Å². The van der Waals surface area contributed by atoms with Crippen molar-refractivity contribution < 1.29 is 9.53 Å². The highest BCUT2D eigenvalue weighted by molar-refractivity contribution is 5.75. The van der Waals surface area contributed by atoms with Crippen molar-refractivity contribution in [1.82, 2.24) is 14.7 Å². The molecule has 1 N–H and O–H groups in total. The summed E-state index contributed by atoms with van der Waals surface area (Å²) >= 11 is 0. The topological polar surface area (TPSA) is 55.6 Å². The van der Waals surface area contributed by atoms with Gasteiger partial charge < -0.3 is 9.14 Å². The van der Waals surface area contributed by atoms with Gasteiger partial charge in [0, 0.05) is 12.7 Å². The molecule has 1 atom stereocenters. The van der Waals surface area contributed by atoms with Crippen molar-refractivity contribution in [3.63, 3.8) is 0 Å². The standard InChI is InChI=1S/C13H17N3O2/c1-9-11(8-14-10(2)13(17)18-3)16-7-5-4-6-12(16)15-9/h4-7,10,14H,8H2,1-3H3. The molecule has 5 nitrogen and oxygen atoms in total. The van der Waals surface area contributed by atoms with Crippen LogP contribution < -0.4 is 5.32 Å². The third kappa shape index (κ3) is 2.36. The summed E-state index contributed by atoms with van der Waals surface area (Å²) < 4.78 is 6.70. The van der Waals surface area contributed by atoms with E-state index in [4.69, 9.17) is 0 Å². The molecule has 0 saturated carbocycles. The zero-order chi connectivity index (χ0) is 13.1. The number of fused-ring (bicyclic) bond motifs is 1. The lowest BCUT2D eigenvalue weighted by atomic mass is 10.3. The van der Waals surface area contributed by atoms with Gasteiger partial charge in [-0.3, -0.25) is 10.1 Å². The number of hydrogen-bond donors (Lipinski definition) is 1. The van der Waals surface area contributed by atoms with Crippen LogP contribution in [0, 0.1) is 6.92 Å². The minimum Gasteiger partial charge on any atom is -0.468 e. The first-order valence-electron chi connectivity index (χ1n) is 5.87. The molecule has 96 valence electrons. The Kier molecular flexibility index (Phi) is 3.62. The molecule has 2 rings (SSSR count). The Morgan fingerprint density at radius 1 is 1.56 bits per heavy atom. The van der Waals surface area contributed by atoms with Crippen molar-refractivity contribution in [2.45, 2.75) is 26.4 Å². The molecule has 0 radical (unpaired) electrons. The highest BCUT2D eigenvalue weighted by atomic mass is 16.5. The second kappa shape index (κ2) is 5.18. The minimum atomic E-state index is -0.330. The van der Waals surface area contributed by atoms with Crippen LogP contribution >= 0.6 is 0 Å². The third-order valence-corrected chi connectivity index (χ3v) is 2.96. The predicted molar refractivity (Wildman–Crippen MR) is 68.2 cm³/mol. The van der Waals surface area contributed by atoms with Gasteiger partial charge >= 0.3 is 5.97 Å². The van der Waals surface area contributed by atoms with Gasteiger partial charge in [-0.15, -0.1) is 0 Å². The largest absolute Gasteiger partial charge is 0.468 e. The zero-order valence-corrected chi connectivity index (χ0v) is 10.8. The Morgan fingerprint density at radius 3 is 3.06 bits per heavy atom. The maximum Gasteiger partial charge on any atom is 0.322 e. The van der Waals surface area contributed by atoms with E-state index in [1.165, 1.54) is 7.11 Å². The number of hydrogen-bond acceptors (Lipinski definition) is 4. The van der Waals surface area contributed by atoms with E-state index in [1.807, 2.05) is 35.7 Å². The number of imidazole rings is 1. The highest BCUT2D eigenvalue weighted by Crippen LogP contribution is 2.11. The van der Waals surface area contributed by atoms with Gasteiger partial charge in [-0.05, 0) is 26.0 Å². The third-order valence-electron chi connectivity index (χ3n) is 2.96. The summed E-state index contributed by atoms with van der Waals surface area (Å²) in [6, 6.07) is 5.54. The smallest absolute Gasteiger partial charge is 0.322 e. The first-order chi connectivity index (χ1) is 8.63. The van der Waals surface area contributed by atoms with E-state index in [1.54, 1.807) is 6.92 Å². The number of nitrogens with one attached hydrogen (secondary N) is 1. The lowest BCUT2D eigenvalue weighted by molar-refractivity contribution is -0.142. The number of carbonyl (C=O) groups excluding carboxylic acids is 1. The number of aromatic nitrogens is 2. The number of pyridine rings is 1. The highest BCUT2D eigenvalue weighted by Gasteiger charge is 2.14. The van der Waals surface area contributed by atoms with Crippen LogP contribution in [-0.2, 0) is 16.1 Å². The molecular weight excluding hydrogens is 230 g/mol. The first kappa shape index (κ1) is 12.6. The van der Waals surface area contributed by atoms with Gasteiger partial charge in [0.15, 0.2) is 0 Å². The summed E-state index contributed by atoms with van der Waals surface area (Å²) in [5.41, 5.74) is 2.93. The predicted octanol–water partition coefficient (Wildman–Crippen LogP) is 1.29. The summed E-state index contributed by atoms with van der Waals surface area (Å²) in [5.74, 6) is -0.263. The van der Waals surface area contributed by atoms with Gasteiger partial charge in [-0.2, -0.15) is 0 Å². The van der Waals surface area contributed by atoms with Crippen LogP contribution in [0.5, 0.6) is 0 Å². The number of ether oxygens (including phenoxy) is 1. The number of aryl methyl sites for hydroxylation is 1. The Bertz CT molecular complexity index is 562. The van der Waals surface area contributed by atoms with Gasteiger partial charge in [0.25, 0.3) is 0 Å². The molecule has 0 aliphatic rings. The number of esters is 1. The fraction of sp³-hybridized carbons (Fsp3) is 0.385. The molecule has 0 saturated heterocycles. The summed E-state index contributed by atoms with van der Waals surface area (Å²) in [6.45, 7) is 4.32. The summed E-state index contributed by atoms with van der Waals surface area (Å²) in [5, 5.41) is 3.13. The van der Waals surface area contributed by atoms with E-state index in [0.29, 0.717) is 6.54 Å². The van der Waals surface area contributed by atoms with E-state index in [-0.39, 0.29) is 12.0 Å². The number of rotatable bonds is 4. The number of carbonyl (C=O) groups is 1. The fourth-order valence-electron chi connectivity index (χ4n) is 1.89. The monoisotopic (exact) mass is 247 g/mol. The van der Waals surface area contributed by atoms with E-state index < -0.39 is 0 Å². The second-order valence-corrected chi connectivity index (χ2v) is 4.20. The molecule has 0 aliphatic heterocycles. The molecule has 2 heterocycles. The molecule has 0 fully saturated rings. The Balaban J connectivity index is 2.17. The van der Waals surface area contributed by atoms with Crippen LogP contribution in [0.1, 0.15) is 18.3 Å². The molecule has 0 aromatic carbocycles. The Morgan fingerprint density at radius 2 is 2.33 bits per heavy atom.